The number of piperidine rings is 1. The van der Waals surface area contributed by atoms with E-state index in [4.69, 9.17) is 17.3 Å². The lowest BCUT2D eigenvalue weighted by molar-refractivity contribution is -0.127. The number of nitrogens with one attached hydrogen (secondary N) is 1. The quantitative estimate of drug-likeness (QED) is 0.887. The summed E-state index contributed by atoms with van der Waals surface area (Å²) in [6.07, 6.45) is 3.25. The fourth-order valence-corrected chi connectivity index (χ4v) is 3.85. The van der Waals surface area contributed by atoms with Gasteiger partial charge in [0.2, 0.25) is 5.91 Å². The number of benzene rings is 1. The molecule has 0 radical (unpaired) electrons. The van der Waals surface area contributed by atoms with Crippen LogP contribution >= 0.6 is 11.6 Å². The Morgan fingerprint density at radius 3 is 2.27 bits per heavy atom. The van der Waals surface area contributed by atoms with E-state index < -0.39 is 11.4 Å². The number of carbonyl (C=O) groups excluding carboxylic acids is 2. The van der Waals surface area contributed by atoms with E-state index in [9.17, 15) is 9.59 Å². The number of fused-ring (bicyclic) bond motifs is 2. The van der Waals surface area contributed by atoms with Crippen LogP contribution in [0.25, 0.3) is 0 Å². The molecule has 118 valence electrons. The minimum absolute atomic E-state index is 0.278. The number of halogens is 1. The van der Waals surface area contributed by atoms with Crippen LogP contribution in [0.5, 0.6) is 0 Å². The SMILES string of the molecule is CN1[C@@H]2CC[C@H]1CC(NC(=O)c1ccc(Cl)cc1)(C(N)=O)C2. The van der Waals surface area contributed by atoms with Gasteiger partial charge in [0, 0.05) is 22.7 Å². The number of rotatable bonds is 3. The van der Waals surface area contributed by atoms with E-state index >= 15 is 0 Å². The maximum atomic E-state index is 12.5. The fourth-order valence-electron chi connectivity index (χ4n) is 3.73. The van der Waals surface area contributed by atoms with Crippen molar-refractivity contribution >= 4 is 23.4 Å². The number of amides is 2. The van der Waals surface area contributed by atoms with Crippen LogP contribution in [0.4, 0.5) is 0 Å². The Morgan fingerprint density at radius 1 is 1.23 bits per heavy atom. The molecule has 2 bridgehead atoms. The highest BCUT2D eigenvalue weighted by Crippen LogP contribution is 2.39. The molecular formula is C16H20ClN3O2. The molecule has 2 aliphatic rings. The van der Waals surface area contributed by atoms with Crippen molar-refractivity contribution in [3.8, 4) is 0 Å². The normalized spacial score (nSPS) is 31.0. The van der Waals surface area contributed by atoms with E-state index in [0.29, 0.717) is 35.5 Å². The second-order valence-electron chi connectivity index (χ2n) is 6.37. The van der Waals surface area contributed by atoms with Crippen molar-refractivity contribution in [3.05, 3.63) is 34.9 Å². The van der Waals surface area contributed by atoms with Crippen molar-refractivity contribution in [1.29, 1.82) is 0 Å². The van der Waals surface area contributed by atoms with Crippen LogP contribution in [0, 0.1) is 0 Å². The summed E-state index contributed by atoms with van der Waals surface area (Å²) in [6.45, 7) is 0. The highest BCUT2D eigenvalue weighted by molar-refractivity contribution is 6.30. The van der Waals surface area contributed by atoms with Gasteiger partial charge < -0.3 is 16.0 Å². The second kappa shape index (κ2) is 5.56. The molecule has 2 amide bonds. The summed E-state index contributed by atoms with van der Waals surface area (Å²) in [5, 5.41) is 3.47. The Morgan fingerprint density at radius 2 is 1.77 bits per heavy atom. The number of nitrogens with zero attached hydrogens (tertiary/aromatic N) is 1. The van der Waals surface area contributed by atoms with Crippen LogP contribution in [-0.2, 0) is 4.79 Å². The summed E-state index contributed by atoms with van der Waals surface area (Å²) < 4.78 is 0. The molecule has 5 nitrogen and oxygen atoms in total. The third-order valence-electron chi connectivity index (χ3n) is 5.08. The maximum Gasteiger partial charge on any atom is 0.252 e. The van der Waals surface area contributed by atoms with Crippen LogP contribution in [0.1, 0.15) is 36.0 Å². The van der Waals surface area contributed by atoms with E-state index in [0.717, 1.165) is 12.8 Å². The smallest absolute Gasteiger partial charge is 0.252 e. The van der Waals surface area contributed by atoms with Crippen LogP contribution < -0.4 is 11.1 Å². The molecule has 2 heterocycles. The third kappa shape index (κ3) is 2.59. The van der Waals surface area contributed by atoms with Gasteiger partial charge in [-0.3, -0.25) is 9.59 Å². The average molecular weight is 322 g/mol. The summed E-state index contributed by atoms with van der Waals surface area (Å²) in [5.74, 6) is -0.723. The predicted molar refractivity (Wildman–Crippen MR) is 84.7 cm³/mol. The van der Waals surface area contributed by atoms with Gasteiger partial charge in [-0.25, -0.2) is 0 Å². The lowest BCUT2D eigenvalue weighted by atomic mass is 9.82. The minimum Gasteiger partial charge on any atom is -0.368 e. The first kappa shape index (κ1) is 15.3. The fraction of sp³-hybridized carbons (Fsp3) is 0.500. The summed E-state index contributed by atoms with van der Waals surface area (Å²) >= 11 is 5.84. The molecule has 22 heavy (non-hydrogen) atoms. The van der Waals surface area contributed by atoms with Crippen LogP contribution in [0.15, 0.2) is 24.3 Å². The number of primary amides is 1. The molecule has 3 atom stereocenters. The zero-order valence-corrected chi connectivity index (χ0v) is 13.3. The molecule has 0 spiro atoms. The van der Waals surface area contributed by atoms with Crippen LogP contribution in [0.2, 0.25) is 5.02 Å². The molecule has 1 unspecified atom stereocenters. The topological polar surface area (TPSA) is 75.4 Å². The first-order valence-electron chi connectivity index (χ1n) is 7.51. The summed E-state index contributed by atoms with van der Waals surface area (Å²) in [4.78, 5) is 26.9. The standard InChI is InChI=1S/C16H20ClN3O2/c1-20-12-6-7-13(20)9-16(8-12,15(18)22)19-14(21)10-2-4-11(17)5-3-10/h2-5,12-13H,6-9H2,1H3,(H2,18,22)(H,19,21)/t12-,13+,16?. The summed E-state index contributed by atoms with van der Waals surface area (Å²) in [5.41, 5.74) is 5.19. The van der Waals surface area contributed by atoms with Gasteiger partial charge >= 0.3 is 0 Å². The van der Waals surface area contributed by atoms with Gasteiger partial charge in [-0.05, 0) is 57.0 Å². The summed E-state index contributed by atoms with van der Waals surface area (Å²) in [7, 11) is 2.08. The molecular weight excluding hydrogens is 302 g/mol. The van der Waals surface area contributed by atoms with Crippen molar-refractivity contribution in [2.45, 2.75) is 43.3 Å². The maximum absolute atomic E-state index is 12.5. The van der Waals surface area contributed by atoms with E-state index in [2.05, 4.69) is 17.3 Å². The van der Waals surface area contributed by atoms with Crippen LogP contribution in [-0.4, -0.2) is 41.4 Å². The van der Waals surface area contributed by atoms with Crippen molar-refractivity contribution < 1.29 is 9.59 Å². The van der Waals surface area contributed by atoms with Crippen molar-refractivity contribution in [2.24, 2.45) is 5.73 Å². The zero-order valence-electron chi connectivity index (χ0n) is 12.5. The van der Waals surface area contributed by atoms with Crippen molar-refractivity contribution in [1.82, 2.24) is 10.2 Å². The van der Waals surface area contributed by atoms with Gasteiger partial charge in [0.05, 0.1) is 0 Å². The molecule has 2 saturated heterocycles. The number of carbonyl (C=O) groups is 2. The highest BCUT2D eigenvalue weighted by atomic mass is 35.5. The van der Waals surface area contributed by atoms with E-state index in [1.807, 2.05) is 0 Å². The lowest BCUT2D eigenvalue weighted by Crippen LogP contribution is -2.64. The molecule has 1 aromatic carbocycles. The monoisotopic (exact) mass is 321 g/mol. The Balaban J connectivity index is 1.82. The van der Waals surface area contributed by atoms with Gasteiger partial charge in [-0.15, -0.1) is 0 Å². The lowest BCUT2D eigenvalue weighted by Gasteiger charge is -2.43. The first-order chi connectivity index (χ1) is 10.4. The Hall–Kier alpha value is -1.59. The van der Waals surface area contributed by atoms with E-state index in [1.165, 1.54) is 0 Å². The number of nitrogens with two attached hydrogens (primary N) is 1. The predicted octanol–water partition coefficient (Wildman–Crippen LogP) is 1.55. The molecule has 3 rings (SSSR count). The largest absolute Gasteiger partial charge is 0.368 e. The Bertz CT molecular complexity index is 588. The van der Waals surface area contributed by atoms with Crippen LogP contribution in [0.3, 0.4) is 0 Å². The third-order valence-corrected chi connectivity index (χ3v) is 5.34. The number of hydrogen-bond acceptors (Lipinski definition) is 3. The Labute approximate surface area is 134 Å². The molecule has 6 heteroatoms. The minimum atomic E-state index is -0.949. The zero-order chi connectivity index (χ0) is 15.9. The van der Waals surface area contributed by atoms with Gasteiger partial charge in [-0.2, -0.15) is 0 Å². The molecule has 1 aromatic rings. The molecule has 0 saturated carbocycles. The van der Waals surface area contributed by atoms with Gasteiger partial charge in [-0.1, -0.05) is 11.6 Å². The molecule has 2 aliphatic heterocycles. The first-order valence-corrected chi connectivity index (χ1v) is 7.89. The molecule has 0 aliphatic carbocycles. The van der Waals surface area contributed by atoms with Gasteiger partial charge in [0.1, 0.15) is 5.54 Å². The molecule has 3 N–H and O–H groups in total. The average Bonchev–Trinajstić information content (AvgIpc) is 2.71. The van der Waals surface area contributed by atoms with E-state index in [-0.39, 0.29) is 5.91 Å². The molecule has 0 aromatic heterocycles. The van der Waals surface area contributed by atoms with Gasteiger partial charge in [0.15, 0.2) is 0 Å². The van der Waals surface area contributed by atoms with Crippen molar-refractivity contribution in [3.63, 3.8) is 0 Å². The summed E-state index contributed by atoms with van der Waals surface area (Å²) in [6, 6.07) is 7.22. The van der Waals surface area contributed by atoms with E-state index in [1.54, 1.807) is 24.3 Å². The second-order valence-corrected chi connectivity index (χ2v) is 6.80. The Kier molecular flexibility index (Phi) is 3.87. The number of hydrogen-bond donors (Lipinski definition) is 2. The highest BCUT2D eigenvalue weighted by Gasteiger charge is 2.51. The molecule has 2 fully saturated rings. The van der Waals surface area contributed by atoms with Crippen molar-refractivity contribution in [2.75, 3.05) is 7.05 Å². The van der Waals surface area contributed by atoms with Gasteiger partial charge in [0.25, 0.3) is 5.91 Å².